The number of carbonyl (C=O) groups is 3. The molecule has 0 aromatic heterocycles. The van der Waals surface area contributed by atoms with Gasteiger partial charge in [0.05, 0.1) is 0 Å². The fraction of sp³-hybridized carbons (Fsp3) is 0.625. The van der Waals surface area contributed by atoms with Gasteiger partial charge in [-0.1, -0.05) is 0 Å². The Morgan fingerprint density at radius 3 is 1.83 bits per heavy atom. The highest BCUT2D eigenvalue weighted by Gasteiger charge is 2.36. The molecule has 0 aromatic carbocycles. The fourth-order valence-corrected chi connectivity index (χ4v) is 1.72. The number of carbonyl (C=O) groups excluding carboxylic acids is 3. The lowest BCUT2D eigenvalue weighted by Crippen LogP contribution is -2.37. The van der Waals surface area contributed by atoms with Crippen LogP contribution in [0.5, 0.6) is 0 Å². The smallest absolute Gasteiger partial charge is 0.123 e. The van der Waals surface area contributed by atoms with Crippen LogP contribution in [0.25, 0.3) is 0 Å². The monoisotopic (exact) mass is 169 g/mol. The molecular formula is C8H9O4-. The van der Waals surface area contributed by atoms with Gasteiger partial charge in [-0.2, -0.15) is 0 Å². The summed E-state index contributed by atoms with van der Waals surface area (Å²) in [4.78, 5) is 31.3. The van der Waals surface area contributed by atoms with Crippen molar-refractivity contribution in [3.63, 3.8) is 0 Å². The van der Waals surface area contributed by atoms with Gasteiger partial charge in [0.1, 0.15) is 12.6 Å². The molecule has 0 N–H and O–H groups in total. The predicted molar refractivity (Wildman–Crippen MR) is 36.8 cm³/mol. The second-order valence-electron chi connectivity index (χ2n) is 3.02. The molecule has 0 aromatic rings. The minimum absolute atomic E-state index is 0.478. The van der Waals surface area contributed by atoms with Crippen molar-refractivity contribution in [2.75, 3.05) is 0 Å². The fourth-order valence-electron chi connectivity index (χ4n) is 1.72. The highest BCUT2D eigenvalue weighted by Crippen LogP contribution is 2.34. The molecule has 1 fully saturated rings. The van der Waals surface area contributed by atoms with Crippen LogP contribution in [0.3, 0.4) is 0 Å². The Bertz CT molecular complexity index is 195. The van der Waals surface area contributed by atoms with Gasteiger partial charge in [-0.25, -0.2) is 0 Å². The highest BCUT2D eigenvalue weighted by atomic mass is 16.4. The molecule has 66 valence electrons. The van der Waals surface area contributed by atoms with Crippen LogP contribution in [0, 0.1) is 17.8 Å². The number of carboxylic acid groups (broad SMARTS) is 1. The average Bonchev–Trinajstić information content (AvgIpc) is 2.46. The molecule has 2 atom stereocenters. The first kappa shape index (κ1) is 8.90. The number of aldehydes is 2. The summed E-state index contributed by atoms with van der Waals surface area (Å²) in [6.45, 7) is 0. The maximum Gasteiger partial charge on any atom is 0.123 e. The molecule has 0 spiro atoms. The van der Waals surface area contributed by atoms with Gasteiger partial charge >= 0.3 is 0 Å². The Hall–Kier alpha value is -1.19. The lowest BCUT2D eigenvalue weighted by Gasteiger charge is -2.18. The lowest BCUT2D eigenvalue weighted by molar-refractivity contribution is -0.313. The summed E-state index contributed by atoms with van der Waals surface area (Å²) in [6.07, 6.45) is 2.16. The van der Waals surface area contributed by atoms with E-state index in [4.69, 9.17) is 0 Å². The standard InChI is InChI=1S/C8H10O4/c9-3-5-1-2-6(4-10)7(5)8(11)12/h3-7H,1-2H2,(H,11,12)/p-1. The van der Waals surface area contributed by atoms with Crippen LogP contribution < -0.4 is 5.11 Å². The molecule has 0 saturated heterocycles. The van der Waals surface area contributed by atoms with Crippen molar-refractivity contribution in [2.45, 2.75) is 12.8 Å². The van der Waals surface area contributed by atoms with Gasteiger partial charge in [0, 0.05) is 23.7 Å². The summed E-state index contributed by atoms with van der Waals surface area (Å²) in [5.41, 5.74) is 0. The first-order chi connectivity index (χ1) is 5.70. The molecule has 4 nitrogen and oxygen atoms in total. The molecule has 0 radical (unpaired) electrons. The van der Waals surface area contributed by atoms with Crippen molar-refractivity contribution in [3.05, 3.63) is 0 Å². The van der Waals surface area contributed by atoms with E-state index in [-0.39, 0.29) is 0 Å². The zero-order valence-electron chi connectivity index (χ0n) is 6.43. The van der Waals surface area contributed by atoms with E-state index < -0.39 is 23.7 Å². The maximum atomic E-state index is 10.5. The van der Waals surface area contributed by atoms with Crippen molar-refractivity contribution >= 4 is 18.5 Å². The first-order valence-electron chi connectivity index (χ1n) is 3.82. The lowest BCUT2D eigenvalue weighted by atomic mass is 9.91. The molecule has 0 aliphatic heterocycles. The molecule has 1 rings (SSSR count). The molecule has 4 heteroatoms. The van der Waals surface area contributed by atoms with E-state index in [9.17, 15) is 19.5 Å². The maximum absolute atomic E-state index is 10.5. The van der Waals surface area contributed by atoms with E-state index in [0.717, 1.165) is 0 Å². The Morgan fingerprint density at radius 2 is 1.58 bits per heavy atom. The Balaban J connectivity index is 2.78. The average molecular weight is 169 g/mol. The summed E-state index contributed by atoms with van der Waals surface area (Å²) < 4.78 is 0. The SMILES string of the molecule is O=CC1CCC(C=O)C1C(=O)[O-]. The summed E-state index contributed by atoms with van der Waals surface area (Å²) in [6, 6.07) is 0. The summed E-state index contributed by atoms with van der Waals surface area (Å²) in [5, 5.41) is 10.5. The molecular weight excluding hydrogens is 160 g/mol. The molecule has 0 amide bonds. The van der Waals surface area contributed by atoms with Crippen LogP contribution in [0.4, 0.5) is 0 Å². The van der Waals surface area contributed by atoms with Gasteiger partial charge < -0.3 is 19.5 Å². The van der Waals surface area contributed by atoms with Crippen LogP contribution >= 0.6 is 0 Å². The molecule has 2 unspecified atom stereocenters. The number of hydrogen-bond acceptors (Lipinski definition) is 4. The third-order valence-electron chi connectivity index (χ3n) is 2.38. The highest BCUT2D eigenvalue weighted by molar-refractivity contribution is 5.78. The number of rotatable bonds is 3. The third kappa shape index (κ3) is 1.37. The van der Waals surface area contributed by atoms with Crippen molar-refractivity contribution in [1.29, 1.82) is 0 Å². The van der Waals surface area contributed by atoms with Crippen LogP contribution in [-0.2, 0) is 14.4 Å². The Kier molecular flexibility index (Phi) is 2.58. The molecule has 0 bridgehead atoms. The summed E-state index contributed by atoms with van der Waals surface area (Å²) in [5.74, 6) is -3.27. The van der Waals surface area contributed by atoms with Crippen molar-refractivity contribution in [3.8, 4) is 0 Å². The molecule has 1 aliphatic carbocycles. The molecule has 12 heavy (non-hydrogen) atoms. The van der Waals surface area contributed by atoms with Gasteiger partial charge in [-0.15, -0.1) is 0 Å². The second-order valence-corrected chi connectivity index (χ2v) is 3.02. The van der Waals surface area contributed by atoms with Crippen LogP contribution in [-0.4, -0.2) is 18.5 Å². The van der Waals surface area contributed by atoms with Crippen molar-refractivity contribution in [1.82, 2.24) is 0 Å². The Morgan fingerprint density at radius 1 is 1.17 bits per heavy atom. The van der Waals surface area contributed by atoms with Gasteiger partial charge in [-0.05, 0) is 12.8 Å². The molecule has 1 saturated carbocycles. The van der Waals surface area contributed by atoms with E-state index in [1.807, 2.05) is 0 Å². The zero-order valence-corrected chi connectivity index (χ0v) is 6.43. The van der Waals surface area contributed by atoms with E-state index in [1.165, 1.54) is 0 Å². The van der Waals surface area contributed by atoms with Gasteiger partial charge in [0.2, 0.25) is 0 Å². The number of hydrogen-bond donors (Lipinski definition) is 0. The van der Waals surface area contributed by atoms with Crippen LogP contribution in [0.15, 0.2) is 0 Å². The third-order valence-corrected chi connectivity index (χ3v) is 2.38. The number of carboxylic acids is 1. The van der Waals surface area contributed by atoms with E-state index in [2.05, 4.69) is 0 Å². The van der Waals surface area contributed by atoms with Gasteiger partial charge in [0.15, 0.2) is 0 Å². The molecule has 0 heterocycles. The van der Waals surface area contributed by atoms with Crippen LogP contribution in [0.2, 0.25) is 0 Å². The first-order valence-corrected chi connectivity index (χ1v) is 3.82. The summed E-state index contributed by atoms with van der Waals surface area (Å²) in [7, 11) is 0. The summed E-state index contributed by atoms with van der Waals surface area (Å²) >= 11 is 0. The normalized spacial score (nSPS) is 34.5. The second kappa shape index (κ2) is 3.47. The quantitative estimate of drug-likeness (QED) is 0.496. The Labute approximate surface area is 69.6 Å². The van der Waals surface area contributed by atoms with Crippen molar-refractivity contribution in [2.24, 2.45) is 17.8 Å². The minimum Gasteiger partial charge on any atom is -0.550 e. The van der Waals surface area contributed by atoms with E-state index in [1.54, 1.807) is 0 Å². The van der Waals surface area contributed by atoms with Crippen molar-refractivity contribution < 1.29 is 19.5 Å². The van der Waals surface area contributed by atoms with Gasteiger partial charge in [-0.3, -0.25) is 0 Å². The van der Waals surface area contributed by atoms with Gasteiger partial charge in [0.25, 0.3) is 0 Å². The zero-order chi connectivity index (χ0) is 9.14. The largest absolute Gasteiger partial charge is 0.550 e. The van der Waals surface area contributed by atoms with E-state index in [0.29, 0.717) is 25.4 Å². The predicted octanol–water partition coefficient (Wildman–Crippen LogP) is -1.22. The molecule has 1 aliphatic rings. The van der Waals surface area contributed by atoms with Crippen LogP contribution in [0.1, 0.15) is 12.8 Å². The minimum atomic E-state index is -1.29. The number of aliphatic carboxylic acids is 1. The topological polar surface area (TPSA) is 74.3 Å². The van der Waals surface area contributed by atoms with E-state index >= 15 is 0 Å².